The van der Waals surface area contributed by atoms with Crippen molar-refractivity contribution in [2.75, 3.05) is 4.90 Å². The summed E-state index contributed by atoms with van der Waals surface area (Å²) < 4.78 is 2.61. The zero-order chi connectivity index (χ0) is 30.5. The summed E-state index contributed by atoms with van der Waals surface area (Å²) in [5, 5.41) is 7.79. The topological polar surface area (TPSA) is 3.24 Å². The quantitative estimate of drug-likeness (QED) is 0.176. The average Bonchev–Trinajstić information content (AvgIpc) is 3.50. The fourth-order valence-corrected chi connectivity index (χ4v) is 8.18. The van der Waals surface area contributed by atoms with Crippen LogP contribution in [0.1, 0.15) is 18.4 Å². The highest BCUT2D eigenvalue weighted by Gasteiger charge is 2.16. The van der Waals surface area contributed by atoms with E-state index in [9.17, 15) is 0 Å². The average molecular weight is 606 g/mol. The van der Waals surface area contributed by atoms with Crippen molar-refractivity contribution in [2.24, 2.45) is 0 Å². The molecule has 0 N–H and O–H groups in total. The van der Waals surface area contributed by atoms with Crippen LogP contribution in [0.5, 0.6) is 0 Å². The highest BCUT2D eigenvalue weighted by Crippen LogP contribution is 2.43. The molecule has 0 amide bonds. The standard InChI is InChI=1S/C44H31NS/c1-3-11-30(12-4-1)31-19-22-35(23-20-31)45(34-14-5-2-6-15-34)36-24-25-40-42-28-33(21-26-43(42)46-44(40)29-36)41-27-32-13-7-8-16-37(32)38-17-9-10-18-39(38)41/h1-3,5-11,13-29H,4,12H2. The van der Waals surface area contributed by atoms with Gasteiger partial charge in [0.2, 0.25) is 0 Å². The molecule has 9 rings (SSSR count). The van der Waals surface area contributed by atoms with E-state index in [4.69, 9.17) is 0 Å². The van der Waals surface area contributed by atoms with Crippen LogP contribution in [0.3, 0.4) is 0 Å². The van der Waals surface area contributed by atoms with Crippen molar-refractivity contribution in [2.45, 2.75) is 12.8 Å². The molecule has 0 bridgehead atoms. The highest BCUT2D eigenvalue weighted by atomic mass is 32.1. The fraction of sp³-hybridized carbons (Fsp3) is 0.0455. The van der Waals surface area contributed by atoms with Crippen LogP contribution in [0.25, 0.3) is 58.4 Å². The summed E-state index contributed by atoms with van der Waals surface area (Å²) in [5.41, 5.74) is 8.73. The Morgan fingerprint density at radius 1 is 0.478 bits per heavy atom. The minimum atomic E-state index is 1.10. The Balaban J connectivity index is 1.15. The number of para-hydroxylation sites is 1. The first-order valence-corrected chi connectivity index (χ1v) is 16.8. The second-order valence-corrected chi connectivity index (χ2v) is 13.1. The zero-order valence-electron chi connectivity index (χ0n) is 25.4. The summed E-state index contributed by atoms with van der Waals surface area (Å²) >= 11 is 1.87. The molecule has 1 aliphatic rings. The van der Waals surface area contributed by atoms with Crippen LogP contribution in [0, 0.1) is 0 Å². The molecule has 1 aliphatic carbocycles. The third-order valence-corrected chi connectivity index (χ3v) is 10.5. The first kappa shape index (κ1) is 26.9. The Morgan fingerprint density at radius 3 is 2.02 bits per heavy atom. The predicted molar refractivity (Wildman–Crippen MR) is 201 cm³/mol. The van der Waals surface area contributed by atoms with Gasteiger partial charge in [-0.05, 0) is 111 Å². The van der Waals surface area contributed by atoms with Crippen LogP contribution in [-0.4, -0.2) is 0 Å². The van der Waals surface area contributed by atoms with E-state index in [2.05, 4.69) is 169 Å². The SMILES string of the molecule is C1=CCCC(c2ccc(N(c3ccccc3)c3ccc4c(c3)sc3ccc(-c5cc6ccccc6c6ccccc56)cc34)cc2)=C1. The molecule has 0 spiro atoms. The maximum Gasteiger partial charge on any atom is 0.0476 e. The number of rotatable bonds is 5. The Kier molecular flexibility index (Phi) is 6.54. The first-order valence-electron chi connectivity index (χ1n) is 16.0. The van der Waals surface area contributed by atoms with E-state index in [1.54, 1.807) is 0 Å². The Labute approximate surface area is 273 Å². The molecule has 0 saturated carbocycles. The van der Waals surface area contributed by atoms with E-state index in [0.29, 0.717) is 0 Å². The maximum absolute atomic E-state index is 2.40. The Hall–Kier alpha value is -5.44. The summed E-state index contributed by atoms with van der Waals surface area (Å²) in [6, 6.07) is 53.6. The molecule has 0 fully saturated rings. The highest BCUT2D eigenvalue weighted by molar-refractivity contribution is 7.25. The maximum atomic E-state index is 2.40. The van der Waals surface area contributed by atoms with Crippen molar-refractivity contribution in [1.29, 1.82) is 0 Å². The van der Waals surface area contributed by atoms with E-state index in [1.807, 2.05) is 11.3 Å². The Morgan fingerprint density at radius 2 is 1.20 bits per heavy atom. The van der Waals surface area contributed by atoms with Gasteiger partial charge < -0.3 is 4.90 Å². The largest absolute Gasteiger partial charge is 0.310 e. The normalized spacial score (nSPS) is 13.1. The van der Waals surface area contributed by atoms with E-state index < -0.39 is 0 Å². The minimum absolute atomic E-state index is 1.10. The van der Waals surface area contributed by atoms with E-state index in [0.717, 1.165) is 24.2 Å². The van der Waals surface area contributed by atoms with Crippen molar-refractivity contribution in [3.05, 3.63) is 169 Å². The van der Waals surface area contributed by atoms with E-state index >= 15 is 0 Å². The van der Waals surface area contributed by atoms with Gasteiger partial charge in [-0.15, -0.1) is 11.3 Å². The summed E-state index contributed by atoms with van der Waals surface area (Å²) in [7, 11) is 0. The molecule has 218 valence electrons. The van der Waals surface area contributed by atoms with Gasteiger partial charge in [0.1, 0.15) is 0 Å². The van der Waals surface area contributed by atoms with Crippen LogP contribution in [0.15, 0.2) is 164 Å². The molecule has 8 aromatic rings. The first-order chi connectivity index (χ1) is 22.8. The molecule has 0 saturated heterocycles. The minimum Gasteiger partial charge on any atom is -0.310 e. The summed E-state index contributed by atoms with van der Waals surface area (Å²) in [4.78, 5) is 2.37. The van der Waals surface area contributed by atoms with Crippen LogP contribution >= 0.6 is 11.3 Å². The number of fused-ring (bicyclic) bond motifs is 6. The third-order valence-electron chi connectivity index (χ3n) is 9.32. The number of allylic oxidation sites excluding steroid dienone is 4. The van der Waals surface area contributed by atoms with Crippen molar-refractivity contribution in [3.63, 3.8) is 0 Å². The number of nitrogens with zero attached hydrogens (tertiary/aromatic N) is 1. The fourth-order valence-electron chi connectivity index (χ4n) is 7.06. The number of hydrogen-bond donors (Lipinski definition) is 0. The lowest BCUT2D eigenvalue weighted by atomic mass is 9.93. The molecule has 0 unspecified atom stereocenters. The molecule has 2 heteroatoms. The summed E-state index contributed by atoms with van der Waals surface area (Å²) in [6.07, 6.45) is 8.87. The van der Waals surface area contributed by atoms with Gasteiger partial charge in [0.05, 0.1) is 0 Å². The lowest BCUT2D eigenvalue weighted by molar-refractivity contribution is 1.05. The molecule has 1 nitrogen and oxygen atoms in total. The lowest BCUT2D eigenvalue weighted by Crippen LogP contribution is -2.09. The molecule has 7 aromatic carbocycles. The monoisotopic (exact) mass is 605 g/mol. The lowest BCUT2D eigenvalue weighted by Gasteiger charge is -2.26. The number of hydrogen-bond acceptors (Lipinski definition) is 2. The van der Waals surface area contributed by atoms with Crippen molar-refractivity contribution >= 4 is 75.7 Å². The molecule has 0 aliphatic heterocycles. The summed E-state index contributed by atoms with van der Waals surface area (Å²) in [5.74, 6) is 0. The number of anilines is 3. The van der Waals surface area contributed by atoms with E-state index in [-0.39, 0.29) is 0 Å². The van der Waals surface area contributed by atoms with Crippen LogP contribution in [0.4, 0.5) is 17.1 Å². The van der Waals surface area contributed by atoms with Crippen LogP contribution in [0.2, 0.25) is 0 Å². The second-order valence-electron chi connectivity index (χ2n) is 12.1. The van der Waals surface area contributed by atoms with E-state index in [1.165, 1.54) is 69.7 Å². The molecule has 0 atom stereocenters. The van der Waals surface area contributed by atoms with Gasteiger partial charge in [0.15, 0.2) is 0 Å². The molecular weight excluding hydrogens is 575 g/mol. The zero-order valence-corrected chi connectivity index (χ0v) is 26.2. The molecule has 1 heterocycles. The smallest absolute Gasteiger partial charge is 0.0476 e. The van der Waals surface area contributed by atoms with Gasteiger partial charge in [0.25, 0.3) is 0 Å². The molecule has 1 aromatic heterocycles. The molecule has 0 radical (unpaired) electrons. The van der Waals surface area contributed by atoms with Gasteiger partial charge in [-0.25, -0.2) is 0 Å². The number of benzene rings is 7. The number of thiophene rings is 1. The van der Waals surface area contributed by atoms with Crippen LogP contribution in [-0.2, 0) is 0 Å². The van der Waals surface area contributed by atoms with Gasteiger partial charge in [-0.1, -0.05) is 109 Å². The third kappa shape index (κ3) is 4.62. The van der Waals surface area contributed by atoms with Gasteiger partial charge >= 0.3 is 0 Å². The van der Waals surface area contributed by atoms with Crippen molar-refractivity contribution in [1.82, 2.24) is 0 Å². The van der Waals surface area contributed by atoms with Gasteiger partial charge in [0, 0.05) is 37.2 Å². The Bertz CT molecular complexity index is 2460. The summed E-state index contributed by atoms with van der Waals surface area (Å²) in [6.45, 7) is 0. The van der Waals surface area contributed by atoms with Crippen molar-refractivity contribution < 1.29 is 0 Å². The van der Waals surface area contributed by atoms with Crippen LogP contribution < -0.4 is 4.90 Å². The predicted octanol–water partition coefficient (Wildman–Crippen LogP) is 13.2. The second kappa shape index (κ2) is 11.2. The van der Waals surface area contributed by atoms with Gasteiger partial charge in [-0.3, -0.25) is 0 Å². The molecule has 46 heavy (non-hydrogen) atoms. The molecular formula is C44H31NS. The van der Waals surface area contributed by atoms with Crippen molar-refractivity contribution in [3.8, 4) is 11.1 Å². The van der Waals surface area contributed by atoms with Gasteiger partial charge in [-0.2, -0.15) is 0 Å².